The third kappa shape index (κ3) is 2.53. The van der Waals surface area contributed by atoms with Crippen LogP contribution in [0.25, 0.3) is 11.2 Å². The van der Waals surface area contributed by atoms with Crippen LogP contribution in [0, 0.1) is 6.92 Å². The molecule has 3 rings (SSSR count). The quantitative estimate of drug-likeness (QED) is 0.903. The summed E-state index contributed by atoms with van der Waals surface area (Å²) >= 11 is 0. The lowest BCUT2D eigenvalue weighted by atomic mass is 10.0. The molecule has 0 bridgehead atoms. The molecule has 0 aliphatic carbocycles. The van der Waals surface area contributed by atoms with Gasteiger partial charge < -0.3 is 9.73 Å². The second-order valence-corrected chi connectivity index (χ2v) is 5.07. The second kappa shape index (κ2) is 5.06. The number of hydrogen-bond donors (Lipinski definition) is 1. The van der Waals surface area contributed by atoms with Crippen molar-refractivity contribution in [2.75, 3.05) is 6.54 Å². The van der Waals surface area contributed by atoms with Crippen molar-refractivity contribution in [2.24, 2.45) is 0 Å². The van der Waals surface area contributed by atoms with E-state index in [1.54, 1.807) is 0 Å². The summed E-state index contributed by atoms with van der Waals surface area (Å²) in [6, 6.07) is 4.54. The monoisotopic (exact) mass is 245 g/mol. The Hall–Kier alpha value is -1.42. The summed E-state index contributed by atoms with van der Waals surface area (Å²) in [5, 5.41) is 3.55. The van der Waals surface area contributed by atoms with E-state index in [0.717, 1.165) is 42.2 Å². The van der Waals surface area contributed by atoms with E-state index in [9.17, 15) is 0 Å². The van der Waals surface area contributed by atoms with E-state index in [0.29, 0.717) is 6.04 Å². The minimum atomic E-state index is 0.628. The highest BCUT2D eigenvalue weighted by molar-refractivity contribution is 5.67. The number of aryl methyl sites for hydroxylation is 2. The molecule has 3 heterocycles. The number of nitrogens with zero attached hydrogens (tertiary/aromatic N) is 2. The molecule has 2 aromatic rings. The smallest absolute Gasteiger partial charge is 0.199 e. The Morgan fingerprint density at radius 3 is 3.11 bits per heavy atom. The number of pyridine rings is 1. The van der Waals surface area contributed by atoms with Crippen LogP contribution in [0.3, 0.4) is 0 Å². The van der Waals surface area contributed by atoms with E-state index < -0.39 is 0 Å². The number of nitrogens with one attached hydrogen (secondary N) is 1. The Kier molecular flexibility index (Phi) is 3.28. The van der Waals surface area contributed by atoms with Crippen LogP contribution >= 0.6 is 0 Å². The molecule has 0 aromatic carbocycles. The molecule has 1 aliphatic rings. The van der Waals surface area contributed by atoms with Gasteiger partial charge in [0, 0.05) is 18.2 Å². The first kappa shape index (κ1) is 11.7. The number of hydrogen-bond acceptors (Lipinski definition) is 4. The summed E-state index contributed by atoms with van der Waals surface area (Å²) in [5.74, 6) is 0.815. The minimum Gasteiger partial charge on any atom is -0.439 e. The maximum atomic E-state index is 5.71. The van der Waals surface area contributed by atoms with Gasteiger partial charge in [-0.1, -0.05) is 6.42 Å². The average molecular weight is 245 g/mol. The first-order valence-corrected chi connectivity index (χ1v) is 6.78. The van der Waals surface area contributed by atoms with Crippen LogP contribution in [0.15, 0.2) is 16.5 Å². The molecule has 1 N–H and O–H groups in total. The molecular formula is C14H19N3O. The Morgan fingerprint density at radius 2 is 2.28 bits per heavy atom. The molecule has 1 unspecified atom stereocenters. The van der Waals surface area contributed by atoms with Crippen molar-refractivity contribution in [3.63, 3.8) is 0 Å². The number of piperidine rings is 1. The maximum Gasteiger partial charge on any atom is 0.199 e. The molecule has 0 radical (unpaired) electrons. The van der Waals surface area contributed by atoms with Crippen molar-refractivity contribution >= 4 is 11.2 Å². The standard InChI is InChI=1S/C14H19N3O/c1-10-5-7-12-14(16-10)17-13(18-12)8-6-11-4-2-3-9-15-11/h5,7,11,15H,2-4,6,8-9H2,1H3. The van der Waals surface area contributed by atoms with Crippen LogP contribution in [0.4, 0.5) is 0 Å². The molecule has 4 nitrogen and oxygen atoms in total. The third-order valence-electron chi connectivity index (χ3n) is 3.56. The highest BCUT2D eigenvalue weighted by Crippen LogP contribution is 2.17. The van der Waals surface area contributed by atoms with Gasteiger partial charge in [0.1, 0.15) is 0 Å². The molecule has 0 spiro atoms. The Bertz CT molecular complexity index is 529. The predicted molar refractivity (Wildman–Crippen MR) is 70.5 cm³/mol. The normalized spacial score (nSPS) is 20.4. The fourth-order valence-electron chi connectivity index (χ4n) is 2.53. The molecule has 0 amide bonds. The van der Waals surface area contributed by atoms with Crippen molar-refractivity contribution in [2.45, 2.75) is 45.1 Å². The van der Waals surface area contributed by atoms with Crippen molar-refractivity contribution in [1.29, 1.82) is 0 Å². The molecule has 1 saturated heterocycles. The van der Waals surface area contributed by atoms with Gasteiger partial charge in [0.25, 0.3) is 0 Å². The van der Waals surface area contributed by atoms with Crippen LogP contribution in [0.2, 0.25) is 0 Å². The third-order valence-corrected chi connectivity index (χ3v) is 3.56. The van der Waals surface area contributed by atoms with Gasteiger partial charge in [-0.2, -0.15) is 4.98 Å². The van der Waals surface area contributed by atoms with Crippen LogP contribution in [-0.2, 0) is 6.42 Å². The molecule has 18 heavy (non-hydrogen) atoms. The summed E-state index contributed by atoms with van der Waals surface area (Å²) in [7, 11) is 0. The first-order valence-electron chi connectivity index (χ1n) is 6.78. The summed E-state index contributed by atoms with van der Waals surface area (Å²) in [4.78, 5) is 8.82. The van der Waals surface area contributed by atoms with Gasteiger partial charge >= 0.3 is 0 Å². The summed E-state index contributed by atoms with van der Waals surface area (Å²) in [6.07, 6.45) is 5.92. The molecule has 1 aliphatic heterocycles. The molecule has 2 aromatic heterocycles. The summed E-state index contributed by atoms with van der Waals surface area (Å²) in [6.45, 7) is 3.12. The van der Waals surface area contributed by atoms with Gasteiger partial charge in [0.15, 0.2) is 17.1 Å². The fraction of sp³-hybridized carbons (Fsp3) is 0.571. The lowest BCUT2D eigenvalue weighted by Gasteiger charge is -2.22. The number of oxazole rings is 1. The molecular weight excluding hydrogens is 226 g/mol. The number of aromatic nitrogens is 2. The van der Waals surface area contributed by atoms with Crippen LogP contribution < -0.4 is 5.32 Å². The van der Waals surface area contributed by atoms with Gasteiger partial charge in [-0.25, -0.2) is 4.98 Å². The molecule has 0 saturated carbocycles. The zero-order chi connectivity index (χ0) is 12.4. The lowest BCUT2D eigenvalue weighted by Crippen LogP contribution is -2.34. The minimum absolute atomic E-state index is 0.628. The van der Waals surface area contributed by atoms with Crippen molar-refractivity contribution in [3.8, 4) is 0 Å². The van der Waals surface area contributed by atoms with Gasteiger partial charge in [-0.3, -0.25) is 0 Å². The topological polar surface area (TPSA) is 51.0 Å². The van der Waals surface area contributed by atoms with E-state index in [4.69, 9.17) is 4.42 Å². The second-order valence-electron chi connectivity index (χ2n) is 5.07. The molecule has 4 heteroatoms. The van der Waals surface area contributed by atoms with Gasteiger partial charge in [-0.15, -0.1) is 0 Å². The van der Waals surface area contributed by atoms with Crippen molar-refractivity contribution in [3.05, 3.63) is 23.7 Å². The summed E-state index contributed by atoms with van der Waals surface area (Å²) < 4.78 is 5.71. The van der Waals surface area contributed by atoms with E-state index in [-0.39, 0.29) is 0 Å². The van der Waals surface area contributed by atoms with Gasteiger partial charge in [-0.05, 0) is 44.9 Å². The molecule has 96 valence electrons. The van der Waals surface area contributed by atoms with Crippen LogP contribution in [-0.4, -0.2) is 22.6 Å². The van der Waals surface area contributed by atoms with Crippen LogP contribution in [0.5, 0.6) is 0 Å². The van der Waals surface area contributed by atoms with Crippen molar-refractivity contribution in [1.82, 2.24) is 15.3 Å². The van der Waals surface area contributed by atoms with Crippen molar-refractivity contribution < 1.29 is 4.42 Å². The molecule has 1 fully saturated rings. The van der Waals surface area contributed by atoms with E-state index >= 15 is 0 Å². The Morgan fingerprint density at radius 1 is 1.33 bits per heavy atom. The first-order chi connectivity index (χ1) is 8.81. The maximum absolute atomic E-state index is 5.71. The SMILES string of the molecule is Cc1ccc2oc(CCC3CCCCN3)nc2n1. The largest absolute Gasteiger partial charge is 0.439 e. The van der Waals surface area contributed by atoms with E-state index in [2.05, 4.69) is 15.3 Å². The van der Waals surface area contributed by atoms with E-state index in [1.165, 1.54) is 19.3 Å². The zero-order valence-electron chi connectivity index (χ0n) is 10.8. The highest BCUT2D eigenvalue weighted by Gasteiger charge is 2.14. The van der Waals surface area contributed by atoms with Gasteiger partial charge in [0.05, 0.1) is 0 Å². The highest BCUT2D eigenvalue weighted by atomic mass is 16.3. The lowest BCUT2D eigenvalue weighted by molar-refractivity contribution is 0.371. The average Bonchev–Trinajstić information content (AvgIpc) is 2.79. The Balaban J connectivity index is 1.67. The van der Waals surface area contributed by atoms with E-state index in [1.807, 2.05) is 19.1 Å². The number of rotatable bonds is 3. The Labute approximate surface area is 107 Å². The number of fused-ring (bicyclic) bond motifs is 1. The zero-order valence-corrected chi connectivity index (χ0v) is 10.8. The van der Waals surface area contributed by atoms with Crippen LogP contribution in [0.1, 0.15) is 37.3 Å². The fourth-order valence-corrected chi connectivity index (χ4v) is 2.53. The summed E-state index contributed by atoms with van der Waals surface area (Å²) in [5.41, 5.74) is 2.52. The predicted octanol–water partition coefficient (Wildman–Crippen LogP) is 2.61. The van der Waals surface area contributed by atoms with Gasteiger partial charge in [0.2, 0.25) is 0 Å². The molecule has 1 atom stereocenters.